The average molecular weight is 174 g/mol. The van der Waals surface area contributed by atoms with E-state index in [1.807, 2.05) is 6.07 Å². The first kappa shape index (κ1) is 7.55. The molecule has 1 aromatic rings. The lowest BCUT2D eigenvalue weighted by Crippen LogP contribution is -2.29. The molecule has 0 saturated carbocycles. The summed E-state index contributed by atoms with van der Waals surface area (Å²) in [5.41, 5.74) is 0. The number of hydrogen-bond donors (Lipinski definition) is 0. The minimum atomic E-state index is -0.546. The third-order valence-corrected chi connectivity index (χ3v) is 1.62. The number of allylic oxidation sites excluding steroid dienone is 1. The van der Waals surface area contributed by atoms with Gasteiger partial charge in [0.05, 0.1) is 0 Å². The standard InChI is InChI=1S/C8H6N4O/c9-4-7-10-2-1-3-12(7)8-5-13-6-11-8/h1-3,5-7H. The molecule has 13 heavy (non-hydrogen) atoms. The van der Waals surface area contributed by atoms with Gasteiger partial charge in [-0.25, -0.2) is 0 Å². The molecule has 1 aromatic heterocycles. The zero-order chi connectivity index (χ0) is 9.10. The van der Waals surface area contributed by atoms with Crippen LogP contribution in [0.5, 0.6) is 0 Å². The smallest absolute Gasteiger partial charge is 0.214 e. The Morgan fingerprint density at radius 1 is 1.62 bits per heavy atom. The van der Waals surface area contributed by atoms with E-state index in [0.29, 0.717) is 5.82 Å². The highest BCUT2D eigenvalue weighted by Gasteiger charge is 2.18. The van der Waals surface area contributed by atoms with Crippen molar-refractivity contribution in [1.82, 2.24) is 4.98 Å². The van der Waals surface area contributed by atoms with Gasteiger partial charge in [0.25, 0.3) is 0 Å². The van der Waals surface area contributed by atoms with E-state index in [1.54, 1.807) is 23.4 Å². The van der Waals surface area contributed by atoms with Crippen LogP contribution in [-0.2, 0) is 0 Å². The van der Waals surface area contributed by atoms with E-state index in [0.717, 1.165) is 0 Å². The molecule has 1 unspecified atom stereocenters. The maximum absolute atomic E-state index is 8.76. The van der Waals surface area contributed by atoms with Crippen LogP contribution in [0.3, 0.4) is 0 Å². The van der Waals surface area contributed by atoms with Crippen LogP contribution >= 0.6 is 0 Å². The van der Waals surface area contributed by atoms with Crippen LogP contribution in [0.1, 0.15) is 0 Å². The van der Waals surface area contributed by atoms with Crippen molar-refractivity contribution in [2.24, 2.45) is 4.99 Å². The summed E-state index contributed by atoms with van der Waals surface area (Å²) in [6, 6.07) is 2.04. The molecule has 0 fully saturated rings. The highest BCUT2D eigenvalue weighted by atomic mass is 16.3. The second kappa shape index (κ2) is 3.11. The summed E-state index contributed by atoms with van der Waals surface area (Å²) in [5, 5.41) is 8.76. The van der Waals surface area contributed by atoms with Gasteiger partial charge in [-0.2, -0.15) is 10.2 Å². The Hall–Kier alpha value is -2.09. The summed E-state index contributed by atoms with van der Waals surface area (Å²) in [4.78, 5) is 9.51. The molecule has 2 heterocycles. The molecule has 5 heteroatoms. The number of nitriles is 1. The van der Waals surface area contributed by atoms with Crippen molar-refractivity contribution in [1.29, 1.82) is 5.26 Å². The summed E-state index contributed by atoms with van der Waals surface area (Å²) in [5.74, 6) is 0.583. The minimum absolute atomic E-state index is 0.546. The van der Waals surface area contributed by atoms with Crippen molar-refractivity contribution in [3.8, 4) is 6.07 Å². The van der Waals surface area contributed by atoms with Gasteiger partial charge in [-0.1, -0.05) is 0 Å². The third-order valence-electron chi connectivity index (χ3n) is 1.62. The van der Waals surface area contributed by atoms with Gasteiger partial charge in [-0.05, 0) is 6.08 Å². The Kier molecular flexibility index (Phi) is 1.81. The number of oxazole rings is 1. The molecule has 0 aromatic carbocycles. The lowest BCUT2D eigenvalue weighted by atomic mass is 10.4. The SMILES string of the molecule is N#CC1N=CC=CN1c1cocn1. The molecule has 1 atom stereocenters. The van der Waals surface area contributed by atoms with Crippen molar-refractivity contribution in [3.63, 3.8) is 0 Å². The largest absolute Gasteiger partial charge is 0.449 e. The van der Waals surface area contributed by atoms with Gasteiger partial charge in [-0.15, -0.1) is 0 Å². The first-order valence-corrected chi connectivity index (χ1v) is 3.68. The zero-order valence-electron chi connectivity index (χ0n) is 6.66. The predicted molar refractivity (Wildman–Crippen MR) is 46.0 cm³/mol. The summed E-state index contributed by atoms with van der Waals surface area (Å²) in [6.07, 6.45) is 7.30. The maximum Gasteiger partial charge on any atom is 0.214 e. The molecule has 0 aliphatic carbocycles. The van der Waals surface area contributed by atoms with E-state index >= 15 is 0 Å². The van der Waals surface area contributed by atoms with Gasteiger partial charge in [0.15, 0.2) is 12.2 Å². The maximum atomic E-state index is 8.76. The van der Waals surface area contributed by atoms with E-state index in [1.165, 1.54) is 12.7 Å². The highest BCUT2D eigenvalue weighted by Crippen LogP contribution is 2.16. The molecule has 0 bridgehead atoms. The van der Waals surface area contributed by atoms with Crippen molar-refractivity contribution >= 4 is 12.0 Å². The molecule has 0 amide bonds. The zero-order valence-corrected chi connectivity index (χ0v) is 6.66. The van der Waals surface area contributed by atoms with E-state index in [4.69, 9.17) is 9.68 Å². The second-order valence-electron chi connectivity index (χ2n) is 2.40. The lowest BCUT2D eigenvalue weighted by molar-refractivity contribution is 0.557. The number of aliphatic imine (C=N–C) groups is 1. The summed E-state index contributed by atoms with van der Waals surface area (Å²) in [6.45, 7) is 0. The van der Waals surface area contributed by atoms with E-state index < -0.39 is 6.17 Å². The first-order valence-electron chi connectivity index (χ1n) is 3.68. The Morgan fingerprint density at radius 3 is 3.23 bits per heavy atom. The van der Waals surface area contributed by atoms with Gasteiger partial charge in [0.2, 0.25) is 6.17 Å². The molecule has 64 valence electrons. The van der Waals surface area contributed by atoms with Gasteiger partial charge in [-0.3, -0.25) is 9.89 Å². The molecular formula is C8H6N4O. The molecule has 1 aliphatic rings. The number of nitrogens with zero attached hydrogens (tertiary/aromatic N) is 4. The first-order chi connectivity index (χ1) is 6.42. The monoisotopic (exact) mass is 174 g/mol. The molecule has 1 aliphatic heterocycles. The van der Waals surface area contributed by atoms with Crippen LogP contribution in [0.2, 0.25) is 0 Å². The van der Waals surface area contributed by atoms with Crippen molar-refractivity contribution < 1.29 is 4.42 Å². The average Bonchev–Trinajstić information content (AvgIpc) is 2.70. The van der Waals surface area contributed by atoms with Gasteiger partial charge in [0, 0.05) is 12.4 Å². The Balaban J connectivity index is 2.29. The number of aromatic nitrogens is 1. The quantitative estimate of drug-likeness (QED) is 0.635. The van der Waals surface area contributed by atoms with Crippen LogP contribution in [0.4, 0.5) is 5.82 Å². The second-order valence-corrected chi connectivity index (χ2v) is 2.40. The summed E-state index contributed by atoms with van der Waals surface area (Å²) in [7, 11) is 0. The molecule has 0 N–H and O–H groups in total. The molecule has 0 radical (unpaired) electrons. The third kappa shape index (κ3) is 1.29. The topological polar surface area (TPSA) is 65.4 Å². The number of rotatable bonds is 1. The Bertz CT molecular complexity index is 373. The fourth-order valence-electron chi connectivity index (χ4n) is 1.05. The van der Waals surface area contributed by atoms with E-state index in [-0.39, 0.29) is 0 Å². The fraction of sp³-hybridized carbons (Fsp3) is 0.125. The predicted octanol–water partition coefficient (Wildman–Crippen LogP) is 0.929. The number of hydrogen-bond acceptors (Lipinski definition) is 5. The number of anilines is 1. The molecule has 2 rings (SSSR count). The van der Waals surface area contributed by atoms with Gasteiger partial charge < -0.3 is 4.42 Å². The summed E-state index contributed by atoms with van der Waals surface area (Å²) >= 11 is 0. The van der Waals surface area contributed by atoms with E-state index in [2.05, 4.69) is 9.98 Å². The van der Waals surface area contributed by atoms with Crippen LogP contribution < -0.4 is 4.90 Å². The van der Waals surface area contributed by atoms with Crippen LogP contribution in [0.25, 0.3) is 0 Å². The molecule has 5 nitrogen and oxygen atoms in total. The lowest BCUT2D eigenvalue weighted by Gasteiger charge is -2.21. The van der Waals surface area contributed by atoms with Crippen LogP contribution in [-0.4, -0.2) is 17.4 Å². The highest BCUT2D eigenvalue weighted by molar-refractivity contribution is 5.74. The van der Waals surface area contributed by atoms with Crippen molar-refractivity contribution in [2.45, 2.75) is 6.17 Å². The van der Waals surface area contributed by atoms with Crippen LogP contribution in [0.15, 0.2) is 34.3 Å². The molecule has 0 spiro atoms. The molecule has 0 saturated heterocycles. The van der Waals surface area contributed by atoms with Crippen molar-refractivity contribution in [3.05, 3.63) is 24.9 Å². The normalized spacial score (nSPS) is 20.2. The van der Waals surface area contributed by atoms with Gasteiger partial charge >= 0.3 is 0 Å². The minimum Gasteiger partial charge on any atom is -0.449 e. The van der Waals surface area contributed by atoms with Gasteiger partial charge in [0.1, 0.15) is 12.3 Å². The summed E-state index contributed by atoms with van der Waals surface area (Å²) < 4.78 is 4.81. The van der Waals surface area contributed by atoms with Crippen molar-refractivity contribution in [2.75, 3.05) is 4.90 Å². The van der Waals surface area contributed by atoms with E-state index in [9.17, 15) is 0 Å². The fourth-order valence-corrected chi connectivity index (χ4v) is 1.05. The molecular weight excluding hydrogens is 168 g/mol. The van der Waals surface area contributed by atoms with Crippen LogP contribution in [0, 0.1) is 11.3 Å². The Morgan fingerprint density at radius 2 is 2.54 bits per heavy atom. The Labute approximate surface area is 74.6 Å².